The first kappa shape index (κ1) is 33.3. The molecule has 8 aromatic rings. The summed E-state index contributed by atoms with van der Waals surface area (Å²) in [6, 6.07) is 59.7. The zero-order valence-corrected chi connectivity index (χ0v) is 31.0. The second kappa shape index (κ2) is 13.0. The van der Waals surface area contributed by atoms with Crippen molar-refractivity contribution in [3.63, 3.8) is 0 Å². The molecule has 2 nitrogen and oxygen atoms in total. The van der Waals surface area contributed by atoms with Gasteiger partial charge in [-0.15, -0.1) is 0 Å². The molecule has 0 aliphatic carbocycles. The first-order valence-corrected chi connectivity index (χ1v) is 18.4. The van der Waals surface area contributed by atoms with Gasteiger partial charge in [0.25, 0.3) is 0 Å². The van der Waals surface area contributed by atoms with Crippen LogP contribution in [0.4, 0.5) is 11.4 Å². The van der Waals surface area contributed by atoms with E-state index in [1.54, 1.807) is 0 Å². The summed E-state index contributed by atoms with van der Waals surface area (Å²) in [6.45, 7) is 13.8. The van der Waals surface area contributed by atoms with E-state index in [-0.39, 0.29) is 10.8 Å². The Morgan fingerprint density at radius 3 is 1.63 bits per heavy atom. The van der Waals surface area contributed by atoms with Gasteiger partial charge in [0.15, 0.2) is 0 Å². The van der Waals surface area contributed by atoms with Crippen molar-refractivity contribution in [1.29, 1.82) is 0 Å². The number of fused-ring (bicyclic) bond motifs is 3. The topological polar surface area (TPSA) is 17.0 Å². The van der Waals surface area contributed by atoms with E-state index in [1.165, 1.54) is 55.2 Å². The van der Waals surface area contributed by atoms with Gasteiger partial charge in [0.1, 0.15) is 0 Å². The molecule has 0 bridgehead atoms. The third kappa shape index (κ3) is 6.20. The molecule has 1 heterocycles. The van der Waals surface area contributed by atoms with Gasteiger partial charge in [0.2, 0.25) is 0 Å². The molecule has 0 atom stereocenters. The number of anilines is 2. The maximum absolute atomic E-state index is 4.03. The number of hydrogen-bond acceptors (Lipinski definition) is 1. The van der Waals surface area contributed by atoms with Crippen molar-refractivity contribution in [3.8, 4) is 39.1 Å². The molecule has 256 valence electrons. The van der Waals surface area contributed by atoms with Gasteiger partial charge in [-0.1, -0.05) is 169 Å². The standard InChI is InChI=1S/C50H46N2/c1-49(2,3)38-29-37(30-39(32-38)50(4,5)6)36-23-18-24-40(31-36)51-48-43(34-19-10-7-11-20-34)33-45-47(46(48)35-21-12-8-13-22-35)42-27-16-17-28-44(42)52(45)41-25-14-9-15-26-41/h7-33,51H,1-6H3. The van der Waals surface area contributed by atoms with E-state index in [0.29, 0.717) is 0 Å². The van der Waals surface area contributed by atoms with Crippen LogP contribution in [0.2, 0.25) is 0 Å². The Bertz CT molecular complexity index is 2500. The van der Waals surface area contributed by atoms with Gasteiger partial charge in [-0.05, 0) is 80.6 Å². The Hall–Kier alpha value is -5.86. The summed E-state index contributed by atoms with van der Waals surface area (Å²) in [5, 5.41) is 6.49. The summed E-state index contributed by atoms with van der Waals surface area (Å²) >= 11 is 0. The molecule has 8 rings (SSSR count). The van der Waals surface area contributed by atoms with Gasteiger partial charge >= 0.3 is 0 Å². The Labute approximate surface area is 308 Å². The van der Waals surface area contributed by atoms with Gasteiger partial charge in [-0.2, -0.15) is 0 Å². The van der Waals surface area contributed by atoms with E-state index in [9.17, 15) is 0 Å². The van der Waals surface area contributed by atoms with Gasteiger partial charge < -0.3 is 9.88 Å². The highest BCUT2D eigenvalue weighted by Crippen LogP contribution is 2.48. The van der Waals surface area contributed by atoms with E-state index >= 15 is 0 Å². The van der Waals surface area contributed by atoms with Crippen LogP contribution in [-0.2, 0) is 10.8 Å². The third-order valence-electron chi connectivity index (χ3n) is 10.3. The summed E-state index contributed by atoms with van der Waals surface area (Å²) in [5.41, 5.74) is 15.6. The fraction of sp³-hybridized carbons (Fsp3) is 0.160. The lowest BCUT2D eigenvalue weighted by atomic mass is 9.79. The van der Waals surface area contributed by atoms with Crippen LogP contribution < -0.4 is 5.32 Å². The Morgan fingerprint density at radius 1 is 0.442 bits per heavy atom. The van der Waals surface area contributed by atoms with Crippen LogP contribution in [0.1, 0.15) is 52.7 Å². The van der Waals surface area contributed by atoms with E-state index in [4.69, 9.17) is 0 Å². The van der Waals surface area contributed by atoms with E-state index in [0.717, 1.165) is 28.2 Å². The zero-order valence-electron chi connectivity index (χ0n) is 31.0. The fourth-order valence-electron chi connectivity index (χ4n) is 7.43. The molecule has 0 saturated carbocycles. The Morgan fingerprint density at radius 2 is 1.00 bits per heavy atom. The van der Waals surface area contributed by atoms with Crippen LogP contribution in [0.5, 0.6) is 0 Å². The number of nitrogens with zero attached hydrogens (tertiary/aromatic N) is 1. The smallest absolute Gasteiger partial charge is 0.0555 e. The molecule has 0 saturated heterocycles. The number of nitrogens with one attached hydrogen (secondary N) is 1. The van der Waals surface area contributed by atoms with E-state index < -0.39 is 0 Å². The SMILES string of the molecule is CC(C)(C)c1cc(-c2cccc(Nc3c(-c4ccccc4)cc4c(c3-c3ccccc3)c3ccccc3n4-c3ccccc3)c2)cc(C(C)(C)C)c1. The molecule has 0 spiro atoms. The number of rotatable bonds is 6. The van der Waals surface area contributed by atoms with Gasteiger partial charge in [0, 0.05) is 33.3 Å². The average molecular weight is 675 g/mol. The molecule has 0 unspecified atom stereocenters. The minimum atomic E-state index is 0.0371. The first-order valence-electron chi connectivity index (χ1n) is 18.4. The molecule has 0 radical (unpaired) electrons. The van der Waals surface area contributed by atoms with Crippen molar-refractivity contribution < 1.29 is 0 Å². The fourth-order valence-corrected chi connectivity index (χ4v) is 7.43. The predicted octanol–water partition coefficient (Wildman–Crippen LogP) is 14.1. The number of hydrogen-bond donors (Lipinski definition) is 1. The summed E-state index contributed by atoms with van der Waals surface area (Å²) in [4.78, 5) is 0. The molecule has 52 heavy (non-hydrogen) atoms. The number of para-hydroxylation sites is 2. The molecule has 0 aliphatic heterocycles. The molecule has 2 heteroatoms. The van der Waals surface area contributed by atoms with Crippen molar-refractivity contribution in [2.24, 2.45) is 0 Å². The van der Waals surface area contributed by atoms with Gasteiger partial charge in [0.05, 0.1) is 16.7 Å². The quantitative estimate of drug-likeness (QED) is 0.186. The maximum Gasteiger partial charge on any atom is 0.0555 e. The van der Waals surface area contributed by atoms with E-state index in [1.807, 2.05) is 0 Å². The third-order valence-corrected chi connectivity index (χ3v) is 10.3. The Kier molecular flexibility index (Phi) is 8.35. The van der Waals surface area contributed by atoms with Crippen LogP contribution in [0.25, 0.3) is 60.9 Å². The number of benzene rings is 7. The van der Waals surface area contributed by atoms with Gasteiger partial charge in [-0.25, -0.2) is 0 Å². The van der Waals surface area contributed by atoms with Crippen LogP contribution in [-0.4, -0.2) is 4.57 Å². The van der Waals surface area contributed by atoms with Crippen molar-refractivity contribution in [2.75, 3.05) is 5.32 Å². The first-order chi connectivity index (χ1) is 25.1. The van der Waals surface area contributed by atoms with Crippen LogP contribution in [0.3, 0.4) is 0 Å². The van der Waals surface area contributed by atoms with Crippen LogP contribution >= 0.6 is 0 Å². The Balaban J connectivity index is 1.41. The summed E-state index contributed by atoms with van der Waals surface area (Å²) in [7, 11) is 0. The molecule has 0 amide bonds. The lowest BCUT2D eigenvalue weighted by molar-refractivity contribution is 0.569. The minimum absolute atomic E-state index is 0.0371. The molecular formula is C50H46N2. The normalized spacial score (nSPS) is 12.0. The highest BCUT2D eigenvalue weighted by atomic mass is 15.0. The van der Waals surface area contributed by atoms with E-state index in [2.05, 4.69) is 215 Å². The number of aromatic nitrogens is 1. The van der Waals surface area contributed by atoms with Crippen LogP contribution in [0, 0.1) is 0 Å². The van der Waals surface area contributed by atoms with Crippen molar-refractivity contribution in [3.05, 3.63) is 175 Å². The monoisotopic (exact) mass is 674 g/mol. The highest BCUT2D eigenvalue weighted by Gasteiger charge is 2.24. The van der Waals surface area contributed by atoms with Crippen molar-refractivity contribution in [1.82, 2.24) is 4.57 Å². The summed E-state index contributed by atoms with van der Waals surface area (Å²) in [6.07, 6.45) is 0. The lowest BCUT2D eigenvalue weighted by Crippen LogP contribution is -2.16. The van der Waals surface area contributed by atoms with Crippen molar-refractivity contribution in [2.45, 2.75) is 52.4 Å². The molecule has 7 aromatic carbocycles. The summed E-state index contributed by atoms with van der Waals surface area (Å²) < 4.78 is 2.42. The molecule has 0 fully saturated rings. The predicted molar refractivity (Wildman–Crippen MR) is 224 cm³/mol. The molecule has 1 aromatic heterocycles. The molecule has 1 N–H and O–H groups in total. The average Bonchev–Trinajstić information content (AvgIpc) is 3.48. The summed E-state index contributed by atoms with van der Waals surface area (Å²) in [5.74, 6) is 0. The maximum atomic E-state index is 4.03. The van der Waals surface area contributed by atoms with Crippen molar-refractivity contribution >= 4 is 33.2 Å². The van der Waals surface area contributed by atoms with Crippen LogP contribution in [0.15, 0.2) is 164 Å². The second-order valence-electron chi connectivity index (χ2n) is 16.0. The minimum Gasteiger partial charge on any atom is -0.354 e. The zero-order chi connectivity index (χ0) is 36.0. The largest absolute Gasteiger partial charge is 0.354 e. The molecule has 0 aliphatic rings. The second-order valence-corrected chi connectivity index (χ2v) is 16.0. The lowest BCUT2D eigenvalue weighted by Gasteiger charge is -2.26. The molecular weight excluding hydrogens is 629 g/mol. The highest BCUT2D eigenvalue weighted by molar-refractivity contribution is 6.21. The van der Waals surface area contributed by atoms with Gasteiger partial charge in [-0.3, -0.25) is 0 Å².